The second-order valence-electron chi connectivity index (χ2n) is 6.41. The molecule has 0 aromatic heterocycles. The molecule has 3 heteroatoms. The molecule has 0 N–H and O–H groups in total. The van der Waals surface area contributed by atoms with Gasteiger partial charge in [-0.2, -0.15) is 10.2 Å². The molecule has 0 aliphatic heterocycles. The van der Waals surface area contributed by atoms with Gasteiger partial charge in [0.05, 0.1) is 11.4 Å². The summed E-state index contributed by atoms with van der Waals surface area (Å²) >= 11 is 0. The van der Waals surface area contributed by atoms with Crippen LogP contribution in [0.15, 0.2) is 58.8 Å². The first-order valence-corrected chi connectivity index (χ1v) is 7.16. The van der Waals surface area contributed by atoms with E-state index in [0.29, 0.717) is 0 Å². The zero-order valence-electron chi connectivity index (χ0n) is 13.5. The number of benzene rings is 2. The highest BCUT2D eigenvalue weighted by molar-refractivity contribution is 5.52. The summed E-state index contributed by atoms with van der Waals surface area (Å²) in [5, 5.41) is 8.56. The summed E-state index contributed by atoms with van der Waals surface area (Å²) in [5.41, 5.74) is 4.36. The lowest BCUT2D eigenvalue weighted by molar-refractivity contribution is 0.590. The van der Waals surface area contributed by atoms with Crippen LogP contribution in [0.4, 0.5) is 17.1 Å². The number of hydrogen-bond donors (Lipinski definition) is 0. The number of anilines is 1. The van der Waals surface area contributed by atoms with Gasteiger partial charge in [-0.05, 0) is 47.4 Å². The van der Waals surface area contributed by atoms with Gasteiger partial charge in [-0.1, -0.05) is 32.9 Å². The zero-order valence-corrected chi connectivity index (χ0v) is 13.5. The molecule has 2 aromatic carbocycles. The third kappa shape index (κ3) is 4.15. The van der Waals surface area contributed by atoms with E-state index in [-0.39, 0.29) is 5.41 Å². The van der Waals surface area contributed by atoms with Gasteiger partial charge in [0, 0.05) is 19.8 Å². The van der Waals surface area contributed by atoms with E-state index in [4.69, 9.17) is 0 Å². The molecule has 0 aliphatic rings. The van der Waals surface area contributed by atoms with Crippen LogP contribution >= 0.6 is 0 Å². The average molecular weight is 281 g/mol. The van der Waals surface area contributed by atoms with E-state index < -0.39 is 0 Å². The van der Waals surface area contributed by atoms with E-state index in [0.717, 1.165) is 17.1 Å². The molecule has 0 amide bonds. The minimum atomic E-state index is 0.164. The Balaban J connectivity index is 2.10. The normalized spacial score (nSPS) is 11.9. The molecule has 3 nitrogen and oxygen atoms in total. The van der Waals surface area contributed by atoms with Crippen molar-refractivity contribution in [3.05, 3.63) is 54.1 Å². The molecule has 0 bridgehead atoms. The maximum atomic E-state index is 4.29. The number of azo groups is 1. The van der Waals surface area contributed by atoms with Gasteiger partial charge in [-0.3, -0.25) is 0 Å². The number of nitrogens with zero attached hydrogens (tertiary/aromatic N) is 3. The van der Waals surface area contributed by atoms with Crippen molar-refractivity contribution in [2.75, 3.05) is 19.0 Å². The van der Waals surface area contributed by atoms with Gasteiger partial charge >= 0.3 is 0 Å². The summed E-state index contributed by atoms with van der Waals surface area (Å²) in [4.78, 5) is 2.06. The van der Waals surface area contributed by atoms with Gasteiger partial charge in [0.15, 0.2) is 0 Å². The van der Waals surface area contributed by atoms with Crippen molar-refractivity contribution in [3.8, 4) is 0 Å². The van der Waals surface area contributed by atoms with Crippen molar-refractivity contribution in [3.63, 3.8) is 0 Å². The molecule has 0 saturated heterocycles. The third-order valence-corrected chi connectivity index (χ3v) is 3.38. The van der Waals surface area contributed by atoms with E-state index in [2.05, 4.69) is 48.0 Å². The monoisotopic (exact) mass is 281 g/mol. The van der Waals surface area contributed by atoms with Crippen LogP contribution in [0.25, 0.3) is 0 Å². The first kappa shape index (κ1) is 15.2. The topological polar surface area (TPSA) is 28.0 Å². The molecule has 2 aromatic rings. The second kappa shape index (κ2) is 6.08. The molecule has 0 aliphatic carbocycles. The lowest BCUT2D eigenvalue weighted by atomic mass is 9.87. The first-order chi connectivity index (χ1) is 9.86. The van der Waals surface area contributed by atoms with Crippen LogP contribution in [-0.2, 0) is 5.41 Å². The smallest absolute Gasteiger partial charge is 0.0858 e. The van der Waals surface area contributed by atoms with Crippen molar-refractivity contribution in [2.45, 2.75) is 26.2 Å². The summed E-state index contributed by atoms with van der Waals surface area (Å²) in [7, 11) is 4.04. The van der Waals surface area contributed by atoms with Crippen LogP contribution in [-0.4, -0.2) is 14.1 Å². The SMILES string of the molecule is CN(C)c1ccc(N=Nc2ccc(C(C)(C)C)cc2)cc1. The van der Waals surface area contributed by atoms with E-state index in [9.17, 15) is 0 Å². The molecule has 0 fully saturated rings. The first-order valence-electron chi connectivity index (χ1n) is 7.16. The fraction of sp³-hybridized carbons (Fsp3) is 0.333. The molecule has 0 unspecified atom stereocenters. The maximum Gasteiger partial charge on any atom is 0.0858 e. The van der Waals surface area contributed by atoms with Crippen molar-refractivity contribution in [1.29, 1.82) is 0 Å². The number of rotatable bonds is 3. The van der Waals surface area contributed by atoms with Gasteiger partial charge in [-0.25, -0.2) is 0 Å². The highest BCUT2D eigenvalue weighted by Gasteiger charge is 2.12. The van der Waals surface area contributed by atoms with Crippen molar-refractivity contribution in [2.24, 2.45) is 10.2 Å². The van der Waals surface area contributed by atoms with Gasteiger partial charge in [0.25, 0.3) is 0 Å². The zero-order chi connectivity index (χ0) is 15.5. The Labute approximate surface area is 127 Å². The van der Waals surface area contributed by atoms with Crippen molar-refractivity contribution < 1.29 is 0 Å². The predicted octanol–water partition coefficient (Wildman–Crippen LogP) is 5.47. The van der Waals surface area contributed by atoms with Gasteiger partial charge in [0.2, 0.25) is 0 Å². The Morgan fingerprint density at radius 2 is 1.14 bits per heavy atom. The molecule has 2 rings (SSSR count). The number of hydrogen-bond acceptors (Lipinski definition) is 3. The Kier molecular flexibility index (Phi) is 4.41. The molecule has 0 heterocycles. The van der Waals surface area contributed by atoms with Crippen LogP contribution < -0.4 is 4.90 Å². The summed E-state index contributed by atoms with van der Waals surface area (Å²) < 4.78 is 0. The molecule has 0 saturated carbocycles. The lowest BCUT2D eigenvalue weighted by Crippen LogP contribution is -2.10. The quantitative estimate of drug-likeness (QED) is 0.686. The van der Waals surface area contributed by atoms with E-state index >= 15 is 0 Å². The van der Waals surface area contributed by atoms with Crippen LogP contribution in [0.2, 0.25) is 0 Å². The molecule has 21 heavy (non-hydrogen) atoms. The van der Waals surface area contributed by atoms with Crippen LogP contribution in [0, 0.1) is 0 Å². The Hall–Kier alpha value is -2.16. The van der Waals surface area contributed by atoms with E-state index in [1.165, 1.54) is 5.56 Å². The van der Waals surface area contributed by atoms with Crippen molar-refractivity contribution >= 4 is 17.1 Å². The summed E-state index contributed by atoms with van der Waals surface area (Å²) in [6.07, 6.45) is 0. The Morgan fingerprint density at radius 3 is 1.52 bits per heavy atom. The van der Waals surface area contributed by atoms with Crippen LogP contribution in [0.1, 0.15) is 26.3 Å². The highest BCUT2D eigenvalue weighted by Crippen LogP contribution is 2.26. The van der Waals surface area contributed by atoms with Gasteiger partial charge < -0.3 is 4.90 Å². The molecule has 0 radical (unpaired) electrons. The summed E-state index contributed by atoms with van der Waals surface area (Å²) in [6, 6.07) is 16.3. The Morgan fingerprint density at radius 1 is 0.714 bits per heavy atom. The fourth-order valence-electron chi connectivity index (χ4n) is 1.96. The highest BCUT2D eigenvalue weighted by atomic mass is 15.1. The minimum Gasteiger partial charge on any atom is -0.378 e. The molecular weight excluding hydrogens is 258 g/mol. The Bertz CT molecular complexity index is 602. The van der Waals surface area contributed by atoms with Crippen LogP contribution in [0.5, 0.6) is 0 Å². The molecule has 0 atom stereocenters. The molecule has 0 spiro atoms. The van der Waals surface area contributed by atoms with E-state index in [1.54, 1.807) is 0 Å². The average Bonchev–Trinajstić information content (AvgIpc) is 2.45. The lowest BCUT2D eigenvalue weighted by Gasteiger charge is -2.18. The fourth-order valence-corrected chi connectivity index (χ4v) is 1.96. The summed E-state index contributed by atoms with van der Waals surface area (Å²) in [6.45, 7) is 6.61. The largest absolute Gasteiger partial charge is 0.378 e. The third-order valence-electron chi connectivity index (χ3n) is 3.38. The van der Waals surface area contributed by atoms with Crippen LogP contribution in [0.3, 0.4) is 0 Å². The maximum absolute atomic E-state index is 4.29. The molecule has 110 valence electrons. The molecular formula is C18H23N3. The minimum absolute atomic E-state index is 0.164. The summed E-state index contributed by atoms with van der Waals surface area (Å²) in [5.74, 6) is 0. The van der Waals surface area contributed by atoms with E-state index in [1.807, 2.05) is 50.5 Å². The standard InChI is InChI=1S/C18H23N3/c1-18(2,3)14-6-8-15(9-7-14)19-20-16-10-12-17(13-11-16)21(4)5/h6-13H,1-5H3. The second-order valence-corrected chi connectivity index (χ2v) is 6.41. The van der Waals surface area contributed by atoms with Gasteiger partial charge in [-0.15, -0.1) is 0 Å². The predicted molar refractivity (Wildman–Crippen MR) is 90.1 cm³/mol. The van der Waals surface area contributed by atoms with Gasteiger partial charge in [0.1, 0.15) is 0 Å². The van der Waals surface area contributed by atoms with Crippen molar-refractivity contribution in [1.82, 2.24) is 0 Å².